The third-order valence-corrected chi connectivity index (χ3v) is 6.47. The van der Waals surface area contributed by atoms with Gasteiger partial charge in [-0.1, -0.05) is 11.8 Å². The third-order valence-electron chi connectivity index (χ3n) is 3.35. The molecule has 0 fully saturated rings. The predicted octanol–water partition coefficient (Wildman–Crippen LogP) is 2.00. The molecular formula is C14H12F3N7O3S3. The molecule has 0 aliphatic heterocycles. The Morgan fingerprint density at radius 3 is 2.50 bits per heavy atom. The fourth-order valence-corrected chi connectivity index (χ4v) is 4.51. The van der Waals surface area contributed by atoms with Gasteiger partial charge < -0.3 is 11.2 Å². The van der Waals surface area contributed by atoms with Crippen LogP contribution in [0.5, 0.6) is 0 Å². The Labute approximate surface area is 175 Å². The van der Waals surface area contributed by atoms with Crippen LogP contribution in [0, 0.1) is 0 Å². The van der Waals surface area contributed by atoms with Crippen molar-refractivity contribution in [2.75, 3.05) is 21.6 Å². The summed E-state index contributed by atoms with van der Waals surface area (Å²) in [6, 6.07) is 5.30. The average molecular weight is 479 g/mol. The molecule has 2 aromatic heterocycles. The summed E-state index contributed by atoms with van der Waals surface area (Å²) in [6.45, 7) is 0. The fraction of sp³-hybridized carbons (Fsp3) is 0.143. The van der Waals surface area contributed by atoms with Gasteiger partial charge in [-0.3, -0.25) is 9.52 Å². The molecule has 3 aromatic rings. The van der Waals surface area contributed by atoms with Crippen LogP contribution in [0.1, 0.15) is 5.82 Å². The van der Waals surface area contributed by atoms with Crippen molar-refractivity contribution in [3.05, 3.63) is 41.7 Å². The largest absolute Gasteiger partial charge is 0.453 e. The molecule has 160 valence electrons. The lowest BCUT2D eigenvalue weighted by Gasteiger charge is -2.08. The SMILES string of the molecule is Nn1c(SCC(=O)Nc2ccc(S(=O)(=O)Nc3nccs3)cc2)nnc1C(F)(F)F. The van der Waals surface area contributed by atoms with Crippen LogP contribution in [-0.4, -0.2) is 39.9 Å². The van der Waals surface area contributed by atoms with E-state index in [2.05, 4.69) is 25.2 Å². The second-order valence-electron chi connectivity index (χ2n) is 5.48. The number of nitrogens with two attached hydrogens (primary N) is 1. The molecule has 3 rings (SSSR count). The average Bonchev–Trinajstić information content (AvgIpc) is 3.29. The van der Waals surface area contributed by atoms with Gasteiger partial charge in [0.15, 0.2) is 5.13 Å². The number of carbonyl (C=O) groups excluding carboxylic acids is 1. The summed E-state index contributed by atoms with van der Waals surface area (Å²) >= 11 is 1.78. The van der Waals surface area contributed by atoms with Gasteiger partial charge in [0.25, 0.3) is 15.8 Å². The predicted molar refractivity (Wildman–Crippen MR) is 104 cm³/mol. The van der Waals surface area contributed by atoms with Crippen LogP contribution in [-0.2, 0) is 21.0 Å². The summed E-state index contributed by atoms with van der Waals surface area (Å²) in [5, 5.41) is 10.3. The van der Waals surface area contributed by atoms with Crippen LogP contribution < -0.4 is 15.9 Å². The molecule has 0 saturated heterocycles. The van der Waals surface area contributed by atoms with Crippen molar-refractivity contribution in [1.29, 1.82) is 0 Å². The number of nitrogens with zero attached hydrogens (tertiary/aromatic N) is 4. The Morgan fingerprint density at radius 1 is 1.23 bits per heavy atom. The summed E-state index contributed by atoms with van der Waals surface area (Å²) in [4.78, 5) is 15.8. The number of nitrogen functional groups attached to an aromatic ring is 1. The van der Waals surface area contributed by atoms with Crippen molar-refractivity contribution in [3.8, 4) is 0 Å². The van der Waals surface area contributed by atoms with Crippen LogP contribution in [0.3, 0.4) is 0 Å². The molecule has 0 aliphatic carbocycles. The highest BCUT2D eigenvalue weighted by atomic mass is 32.2. The number of anilines is 2. The van der Waals surface area contributed by atoms with Gasteiger partial charge in [-0.25, -0.2) is 18.1 Å². The molecule has 0 aliphatic rings. The summed E-state index contributed by atoms with van der Waals surface area (Å²) in [5.74, 6) is 3.05. The minimum absolute atomic E-state index is 0.0408. The number of thioether (sulfide) groups is 1. The number of carbonyl (C=O) groups is 1. The maximum absolute atomic E-state index is 12.6. The molecule has 1 aromatic carbocycles. The molecule has 16 heteroatoms. The highest BCUT2D eigenvalue weighted by Gasteiger charge is 2.38. The molecule has 0 atom stereocenters. The maximum Gasteiger partial charge on any atom is 0.453 e. The second kappa shape index (κ2) is 8.49. The quantitative estimate of drug-likeness (QED) is 0.345. The van der Waals surface area contributed by atoms with Crippen molar-refractivity contribution in [1.82, 2.24) is 19.9 Å². The number of benzene rings is 1. The van der Waals surface area contributed by atoms with Crippen LogP contribution in [0.2, 0.25) is 0 Å². The van der Waals surface area contributed by atoms with Gasteiger partial charge in [0.05, 0.1) is 10.6 Å². The number of alkyl halides is 3. The van der Waals surface area contributed by atoms with Crippen molar-refractivity contribution >= 4 is 49.8 Å². The molecule has 1 amide bonds. The van der Waals surface area contributed by atoms with E-state index < -0.39 is 27.9 Å². The second-order valence-corrected chi connectivity index (χ2v) is 9.00. The minimum Gasteiger partial charge on any atom is -0.335 e. The number of thiazole rings is 1. The Balaban J connectivity index is 1.58. The zero-order valence-electron chi connectivity index (χ0n) is 14.6. The fourth-order valence-electron chi connectivity index (χ4n) is 2.06. The highest BCUT2D eigenvalue weighted by Crippen LogP contribution is 2.29. The Bertz CT molecular complexity index is 1130. The summed E-state index contributed by atoms with van der Waals surface area (Å²) in [6.07, 6.45) is -3.31. The van der Waals surface area contributed by atoms with E-state index in [-0.39, 0.29) is 25.6 Å². The topological polar surface area (TPSA) is 145 Å². The van der Waals surface area contributed by atoms with Crippen molar-refractivity contribution in [2.45, 2.75) is 16.2 Å². The van der Waals surface area contributed by atoms with Crippen LogP contribution in [0.15, 0.2) is 45.9 Å². The number of amides is 1. The molecule has 10 nitrogen and oxygen atoms in total. The first-order valence-electron chi connectivity index (χ1n) is 7.79. The Morgan fingerprint density at radius 2 is 1.93 bits per heavy atom. The molecule has 2 heterocycles. The van der Waals surface area contributed by atoms with Gasteiger partial charge in [-0.2, -0.15) is 13.2 Å². The van der Waals surface area contributed by atoms with E-state index in [1.807, 2.05) is 0 Å². The van der Waals surface area contributed by atoms with E-state index in [1.54, 1.807) is 5.38 Å². The van der Waals surface area contributed by atoms with E-state index in [1.165, 1.54) is 30.5 Å². The van der Waals surface area contributed by atoms with E-state index in [9.17, 15) is 26.4 Å². The molecule has 30 heavy (non-hydrogen) atoms. The van der Waals surface area contributed by atoms with Crippen LogP contribution in [0.25, 0.3) is 0 Å². The van der Waals surface area contributed by atoms with Crippen molar-refractivity contribution in [3.63, 3.8) is 0 Å². The molecule has 0 radical (unpaired) electrons. The Kier molecular flexibility index (Phi) is 6.18. The number of aromatic nitrogens is 4. The smallest absolute Gasteiger partial charge is 0.335 e. The van der Waals surface area contributed by atoms with E-state index in [0.717, 1.165) is 11.3 Å². The molecule has 0 saturated carbocycles. The number of sulfonamides is 1. The van der Waals surface area contributed by atoms with Crippen LogP contribution in [0.4, 0.5) is 24.0 Å². The molecule has 0 bridgehead atoms. The number of hydrogen-bond donors (Lipinski definition) is 3. The number of rotatable bonds is 7. The van der Waals surface area contributed by atoms with Gasteiger partial charge in [-0.15, -0.1) is 21.5 Å². The number of nitrogens with one attached hydrogen (secondary N) is 2. The zero-order valence-corrected chi connectivity index (χ0v) is 17.1. The first-order chi connectivity index (χ1) is 14.1. The van der Waals surface area contributed by atoms with Gasteiger partial charge >= 0.3 is 6.18 Å². The van der Waals surface area contributed by atoms with Crippen molar-refractivity contribution < 1.29 is 26.4 Å². The van der Waals surface area contributed by atoms with E-state index in [4.69, 9.17) is 5.84 Å². The van der Waals surface area contributed by atoms with Crippen molar-refractivity contribution in [2.24, 2.45) is 0 Å². The van der Waals surface area contributed by atoms with E-state index in [0.29, 0.717) is 17.4 Å². The number of hydrogen-bond acceptors (Lipinski definition) is 9. The first kappa shape index (κ1) is 21.8. The van der Waals surface area contributed by atoms with Gasteiger partial charge in [0, 0.05) is 17.3 Å². The Hall–Kier alpha value is -2.85. The standard InChI is InChI=1S/C14H12F3N7O3S3/c15-14(16,17)11-21-22-13(24(11)18)29-7-10(25)20-8-1-3-9(4-2-8)30(26,27)23-12-19-5-6-28-12/h1-6H,7,18H2,(H,19,23)(H,20,25). The van der Waals surface area contributed by atoms with Gasteiger partial charge in [0.2, 0.25) is 11.1 Å². The lowest BCUT2D eigenvalue weighted by atomic mass is 10.3. The highest BCUT2D eigenvalue weighted by molar-refractivity contribution is 7.99. The molecule has 4 N–H and O–H groups in total. The minimum atomic E-state index is -4.76. The lowest BCUT2D eigenvalue weighted by Crippen LogP contribution is -2.22. The molecule has 0 spiro atoms. The lowest BCUT2D eigenvalue weighted by molar-refractivity contribution is -0.146. The monoisotopic (exact) mass is 479 g/mol. The molecular weight excluding hydrogens is 467 g/mol. The third kappa shape index (κ3) is 5.19. The summed E-state index contributed by atoms with van der Waals surface area (Å²) in [5.41, 5.74) is 0.291. The van der Waals surface area contributed by atoms with Gasteiger partial charge in [-0.05, 0) is 24.3 Å². The van der Waals surface area contributed by atoms with Gasteiger partial charge in [0.1, 0.15) is 0 Å². The van der Waals surface area contributed by atoms with E-state index >= 15 is 0 Å². The number of halogens is 3. The van der Waals surface area contributed by atoms with Crippen LogP contribution >= 0.6 is 23.1 Å². The molecule has 0 unspecified atom stereocenters. The summed E-state index contributed by atoms with van der Waals surface area (Å²) < 4.78 is 65.0. The first-order valence-corrected chi connectivity index (χ1v) is 11.1. The normalized spacial score (nSPS) is 12.0. The maximum atomic E-state index is 12.6. The zero-order chi connectivity index (χ0) is 21.9. The summed E-state index contributed by atoms with van der Waals surface area (Å²) in [7, 11) is -3.83.